The molecule has 5 heteroatoms. The summed E-state index contributed by atoms with van der Waals surface area (Å²) in [4.78, 5) is 0. The third-order valence-electron chi connectivity index (χ3n) is 2.45. The van der Waals surface area contributed by atoms with Crippen molar-refractivity contribution in [3.63, 3.8) is 0 Å². The van der Waals surface area contributed by atoms with Crippen LogP contribution in [0, 0.1) is 0 Å². The molecular weight excluding hydrogens is 258 g/mol. The molecule has 0 N–H and O–H groups in total. The number of benzene rings is 1. The number of para-hydroxylation sites is 1. The quantitative estimate of drug-likeness (QED) is 0.567. The van der Waals surface area contributed by atoms with Crippen LogP contribution in [0.5, 0.6) is 0 Å². The van der Waals surface area contributed by atoms with Crippen molar-refractivity contribution in [1.29, 1.82) is 0 Å². The fourth-order valence-corrected chi connectivity index (χ4v) is 3.44. The summed E-state index contributed by atoms with van der Waals surface area (Å²) in [6.07, 6.45) is 1.34. The van der Waals surface area contributed by atoms with Gasteiger partial charge in [-0.1, -0.05) is 18.2 Å². The average molecular weight is 276 g/mol. The van der Waals surface area contributed by atoms with Gasteiger partial charge in [-0.3, -0.25) is 4.31 Å². The number of hydrogen-bond donors (Lipinski definition) is 0. The molecule has 0 radical (unpaired) electrons. The summed E-state index contributed by atoms with van der Waals surface area (Å²) in [7, 11) is -3.22. The number of unbranched alkanes of at least 4 members (excludes halogenated alkanes) is 1. The molecular formula is C12H18ClNO2S. The van der Waals surface area contributed by atoms with Gasteiger partial charge in [0.15, 0.2) is 0 Å². The van der Waals surface area contributed by atoms with Crippen LogP contribution in [0.2, 0.25) is 0 Å². The fraction of sp³-hybridized carbons (Fsp3) is 0.500. The topological polar surface area (TPSA) is 37.4 Å². The largest absolute Gasteiger partial charge is 0.271 e. The second-order valence-electron chi connectivity index (χ2n) is 3.71. The van der Waals surface area contributed by atoms with E-state index >= 15 is 0 Å². The van der Waals surface area contributed by atoms with E-state index in [0.717, 1.165) is 12.1 Å². The van der Waals surface area contributed by atoms with Crippen LogP contribution in [0.3, 0.4) is 0 Å². The van der Waals surface area contributed by atoms with Gasteiger partial charge in [-0.25, -0.2) is 8.42 Å². The number of alkyl halides is 1. The lowest BCUT2D eigenvalue weighted by atomic mass is 10.3. The summed E-state index contributed by atoms with van der Waals surface area (Å²) >= 11 is 5.55. The highest BCUT2D eigenvalue weighted by Crippen LogP contribution is 2.18. The zero-order valence-electron chi connectivity index (χ0n) is 9.97. The zero-order valence-corrected chi connectivity index (χ0v) is 11.5. The third-order valence-corrected chi connectivity index (χ3v) is 4.67. The first-order valence-electron chi connectivity index (χ1n) is 5.73. The predicted molar refractivity (Wildman–Crippen MR) is 73.2 cm³/mol. The van der Waals surface area contributed by atoms with Crippen molar-refractivity contribution in [2.75, 3.05) is 22.5 Å². The van der Waals surface area contributed by atoms with Gasteiger partial charge in [0.25, 0.3) is 0 Å². The summed E-state index contributed by atoms with van der Waals surface area (Å²) in [5, 5.41) is 0. The number of hydrogen-bond acceptors (Lipinski definition) is 2. The second kappa shape index (κ2) is 6.87. The summed E-state index contributed by atoms with van der Waals surface area (Å²) < 4.78 is 25.7. The van der Waals surface area contributed by atoms with E-state index < -0.39 is 10.0 Å². The van der Waals surface area contributed by atoms with Gasteiger partial charge in [0.2, 0.25) is 10.0 Å². The highest BCUT2D eigenvalue weighted by Gasteiger charge is 2.19. The molecule has 0 saturated carbocycles. The van der Waals surface area contributed by atoms with Crippen LogP contribution in [0.25, 0.3) is 0 Å². The molecule has 0 unspecified atom stereocenters. The fourth-order valence-electron chi connectivity index (χ4n) is 1.62. The molecule has 0 aromatic heterocycles. The normalized spacial score (nSPS) is 11.4. The van der Waals surface area contributed by atoms with Gasteiger partial charge in [0.05, 0.1) is 11.4 Å². The van der Waals surface area contributed by atoms with Gasteiger partial charge in [-0.15, -0.1) is 11.6 Å². The monoisotopic (exact) mass is 275 g/mol. The van der Waals surface area contributed by atoms with E-state index in [-0.39, 0.29) is 5.75 Å². The minimum absolute atomic E-state index is 0.155. The van der Waals surface area contributed by atoms with E-state index in [2.05, 4.69) is 0 Å². The second-order valence-corrected chi connectivity index (χ2v) is 6.10. The maximum Gasteiger partial charge on any atom is 0.235 e. The first-order valence-corrected chi connectivity index (χ1v) is 7.87. The van der Waals surface area contributed by atoms with Gasteiger partial charge >= 0.3 is 0 Å². The van der Waals surface area contributed by atoms with Crippen molar-refractivity contribution in [3.8, 4) is 0 Å². The molecule has 3 nitrogen and oxygen atoms in total. The first kappa shape index (κ1) is 14.3. The summed E-state index contributed by atoms with van der Waals surface area (Å²) in [6.45, 7) is 2.29. The van der Waals surface area contributed by atoms with Gasteiger partial charge in [0, 0.05) is 12.4 Å². The van der Waals surface area contributed by atoms with E-state index in [1.165, 1.54) is 4.31 Å². The zero-order chi connectivity index (χ0) is 12.7. The lowest BCUT2D eigenvalue weighted by molar-refractivity contribution is 0.588. The number of nitrogens with zero attached hydrogens (tertiary/aromatic N) is 1. The smallest absolute Gasteiger partial charge is 0.235 e. The van der Waals surface area contributed by atoms with Gasteiger partial charge in [-0.2, -0.15) is 0 Å². The highest BCUT2D eigenvalue weighted by atomic mass is 35.5. The first-order chi connectivity index (χ1) is 8.11. The lowest BCUT2D eigenvalue weighted by Gasteiger charge is -2.22. The molecule has 1 rings (SSSR count). The van der Waals surface area contributed by atoms with Crippen LogP contribution in [-0.4, -0.2) is 26.6 Å². The Morgan fingerprint density at radius 1 is 1.18 bits per heavy atom. The third kappa shape index (κ3) is 4.21. The van der Waals surface area contributed by atoms with Gasteiger partial charge in [0.1, 0.15) is 0 Å². The molecule has 0 aliphatic rings. The molecule has 0 bridgehead atoms. The van der Waals surface area contributed by atoms with Crippen molar-refractivity contribution >= 4 is 27.3 Å². The predicted octanol–water partition coefficient (Wildman–Crippen LogP) is 2.86. The minimum Gasteiger partial charge on any atom is -0.271 e. The van der Waals surface area contributed by atoms with Crippen LogP contribution < -0.4 is 4.31 Å². The molecule has 0 aliphatic heterocycles. The van der Waals surface area contributed by atoms with Crippen LogP contribution in [-0.2, 0) is 10.0 Å². The lowest BCUT2D eigenvalue weighted by Crippen LogP contribution is -2.32. The Bertz CT molecular complexity index is 419. The molecule has 0 amide bonds. The van der Waals surface area contributed by atoms with Crippen LogP contribution >= 0.6 is 11.6 Å². The van der Waals surface area contributed by atoms with E-state index in [1.807, 2.05) is 37.3 Å². The molecule has 0 saturated heterocycles. The minimum atomic E-state index is -3.22. The van der Waals surface area contributed by atoms with Gasteiger partial charge in [-0.05, 0) is 31.9 Å². The number of sulfonamides is 1. The highest BCUT2D eigenvalue weighted by molar-refractivity contribution is 7.92. The van der Waals surface area contributed by atoms with Crippen LogP contribution in [0.15, 0.2) is 30.3 Å². The van der Waals surface area contributed by atoms with E-state index in [4.69, 9.17) is 11.6 Å². The summed E-state index contributed by atoms with van der Waals surface area (Å²) in [5.74, 6) is 0.662. The van der Waals surface area contributed by atoms with Crippen molar-refractivity contribution in [1.82, 2.24) is 0 Å². The Balaban J connectivity index is 2.80. The maximum atomic E-state index is 12.1. The summed E-state index contributed by atoms with van der Waals surface area (Å²) in [5.41, 5.74) is 0.723. The number of halogens is 1. The Hall–Kier alpha value is -0.740. The Kier molecular flexibility index (Phi) is 5.78. The average Bonchev–Trinajstić information content (AvgIpc) is 2.31. The molecule has 0 atom stereocenters. The van der Waals surface area contributed by atoms with Crippen molar-refractivity contribution < 1.29 is 8.42 Å². The van der Waals surface area contributed by atoms with Crippen molar-refractivity contribution in [3.05, 3.63) is 30.3 Å². The van der Waals surface area contributed by atoms with Gasteiger partial charge < -0.3 is 0 Å². The number of rotatable bonds is 7. The van der Waals surface area contributed by atoms with E-state index in [0.29, 0.717) is 18.8 Å². The molecule has 0 aliphatic carbocycles. The molecule has 0 spiro atoms. The van der Waals surface area contributed by atoms with Crippen molar-refractivity contribution in [2.24, 2.45) is 0 Å². The van der Waals surface area contributed by atoms with E-state index in [9.17, 15) is 8.42 Å². The molecule has 0 heterocycles. The Morgan fingerprint density at radius 2 is 1.82 bits per heavy atom. The molecule has 17 heavy (non-hydrogen) atoms. The molecule has 1 aromatic carbocycles. The standard InChI is InChI=1S/C12H18ClNO2S/c1-2-14(12-8-4-3-5-9-12)17(15,16)11-7-6-10-13/h3-5,8-9H,2,6-7,10-11H2,1H3. The molecule has 96 valence electrons. The Labute approximate surface area is 108 Å². The van der Waals surface area contributed by atoms with Crippen LogP contribution in [0.1, 0.15) is 19.8 Å². The van der Waals surface area contributed by atoms with Crippen LogP contribution in [0.4, 0.5) is 5.69 Å². The number of anilines is 1. The molecule has 1 aromatic rings. The molecule has 0 fully saturated rings. The maximum absolute atomic E-state index is 12.1. The Morgan fingerprint density at radius 3 is 2.35 bits per heavy atom. The van der Waals surface area contributed by atoms with Crippen molar-refractivity contribution in [2.45, 2.75) is 19.8 Å². The van der Waals surface area contributed by atoms with E-state index in [1.54, 1.807) is 0 Å². The SMILES string of the molecule is CCN(c1ccccc1)S(=O)(=O)CCCCCl. The summed E-state index contributed by atoms with van der Waals surface area (Å²) in [6, 6.07) is 9.17.